The van der Waals surface area contributed by atoms with Crippen molar-refractivity contribution in [3.8, 4) is 0 Å². The molecule has 1 N–H and O–H groups in total. The van der Waals surface area contributed by atoms with Crippen molar-refractivity contribution in [1.29, 1.82) is 0 Å². The largest absolute Gasteiger partial charge is 0.369 e. The third-order valence-corrected chi connectivity index (χ3v) is 6.13. The van der Waals surface area contributed by atoms with Crippen LogP contribution in [0.5, 0.6) is 0 Å². The van der Waals surface area contributed by atoms with E-state index in [4.69, 9.17) is 0 Å². The zero-order chi connectivity index (χ0) is 20.1. The second-order valence-corrected chi connectivity index (χ2v) is 8.15. The van der Waals surface area contributed by atoms with Crippen molar-refractivity contribution in [3.05, 3.63) is 88.4 Å². The molecule has 150 valence electrons. The van der Waals surface area contributed by atoms with Crippen LogP contribution < -0.4 is 10.2 Å². The lowest BCUT2D eigenvalue weighted by Gasteiger charge is -2.36. The van der Waals surface area contributed by atoms with Gasteiger partial charge in [0.05, 0.1) is 12.6 Å². The second-order valence-electron chi connectivity index (χ2n) is 7.17. The van der Waals surface area contributed by atoms with E-state index in [-0.39, 0.29) is 17.8 Å². The number of hydrogen-bond acceptors (Lipinski definition) is 4. The molecule has 2 heterocycles. The zero-order valence-corrected chi connectivity index (χ0v) is 16.9. The fourth-order valence-electron chi connectivity index (χ4n) is 3.64. The second kappa shape index (κ2) is 9.20. The van der Waals surface area contributed by atoms with Crippen LogP contribution in [0.1, 0.15) is 16.5 Å². The summed E-state index contributed by atoms with van der Waals surface area (Å²) in [6, 6.07) is 20.4. The van der Waals surface area contributed by atoms with Crippen molar-refractivity contribution < 1.29 is 9.18 Å². The summed E-state index contributed by atoms with van der Waals surface area (Å²) in [7, 11) is 0. The maximum absolute atomic E-state index is 13.3. The Morgan fingerprint density at radius 3 is 2.34 bits per heavy atom. The Hall–Kier alpha value is -2.70. The predicted octanol–water partition coefficient (Wildman–Crippen LogP) is 3.92. The van der Waals surface area contributed by atoms with Gasteiger partial charge in [-0.3, -0.25) is 9.69 Å². The van der Waals surface area contributed by atoms with Crippen molar-refractivity contribution in [2.45, 2.75) is 6.04 Å². The molecule has 0 bridgehead atoms. The summed E-state index contributed by atoms with van der Waals surface area (Å²) in [5.74, 6) is -0.290. The van der Waals surface area contributed by atoms with E-state index < -0.39 is 0 Å². The van der Waals surface area contributed by atoms with E-state index in [2.05, 4.69) is 39.4 Å². The van der Waals surface area contributed by atoms with Crippen LogP contribution in [0.3, 0.4) is 0 Å². The molecule has 0 radical (unpaired) electrons. The Labute approximate surface area is 174 Å². The van der Waals surface area contributed by atoms with Gasteiger partial charge in [-0.25, -0.2) is 4.39 Å². The summed E-state index contributed by atoms with van der Waals surface area (Å²) in [5, 5.41) is 5.13. The fourth-order valence-corrected chi connectivity index (χ4v) is 4.44. The van der Waals surface area contributed by atoms with Crippen molar-refractivity contribution >= 4 is 22.9 Å². The van der Waals surface area contributed by atoms with Gasteiger partial charge in [0, 0.05) is 36.7 Å². The number of anilines is 1. The van der Waals surface area contributed by atoms with Gasteiger partial charge in [-0.1, -0.05) is 36.4 Å². The van der Waals surface area contributed by atoms with Gasteiger partial charge >= 0.3 is 0 Å². The van der Waals surface area contributed by atoms with Gasteiger partial charge in [-0.2, -0.15) is 0 Å². The monoisotopic (exact) mass is 409 g/mol. The van der Waals surface area contributed by atoms with E-state index in [1.54, 1.807) is 23.5 Å². The minimum Gasteiger partial charge on any atom is -0.369 e. The third-order valence-electron chi connectivity index (χ3n) is 5.20. The lowest BCUT2D eigenvalue weighted by molar-refractivity contribution is -0.122. The van der Waals surface area contributed by atoms with Gasteiger partial charge in [-0.15, -0.1) is 11.3 Å². The number of carbonyl (C=O) groups is 1. The summed E-state index contributed by atoms with van der Waals surface area (Å²) >= 11 is 1.59. The number of piperazine rings is 1. The summed E-state index contributed by atoms with van der Waals surface area (Å²) in [6.45, 7) is 3.88. The molecule has 1 atom stereocenters. The molecule has 1 saturated heterocycles. The van der Waals surface area contributed by atoms with Crippen molar-refractivity contribution in [2.75, 3.05) is 37.6 Å². The summed E-state index contributed by atoms with van der Waals surface area (Å²) < 4.78 is 13.3. The molecular formula is C23H24FN3OS. The number of benzene rings is 2. The molecule has 3 aromatic rings. The molecule has 1 aromatic heterocycles. The highest BCUT2D eigenvalue weighted by Crippen LogP contribution is 2.26. The van der Waals surface area contributed by atoms with E-state index >= 15 is 0 Å². The molecule has 0 aliphatic carbocycles. The number of rotatable bonds is 6. The van der Waals surface area contributed by atoms with Gasteiger partial charge in [0.15, 0.2) is 0 Å². The van der Waals surface area contributed by atoms with Gasteiger partial charge in [0.25, 0.3) is 0 Å². The number of thiophene rings is 1. The maximum Gasteiger partial charge on any atom is 0.234 e. The molecule has 0 unspecified atom stereocenters. The first-order valence-electron chi connectivity index (χ1n) is 9.79. The Morgan fingerprint density at radius 1 is 0.966 bits per heavy atom. The first kappa shape index (κ1) is 19.6. The smallest absolute Gasteiger partial charge is 0.234 e. The Balaban J connectivity index is 1.36. The van der Waals surface area contributed by atoms with Crippen molar-refractivity contribution in [1.82, 2.24) is 10.2 Å². The molecule has 1 aliphatic heterocycles. The lowest BCUT2D eigenvalue weighted by atomic mass is 10.1. The number of para-hydroxylation sites is 1. The van der Waals surface area contributed by atoms with Crippen LogP contribution in [0.25, 0.3) is 0 Å². The first-order valence-corrected chi connectivity index (χ1v) is 10.7. The molecule has 0 spiro atoms. The molecule has 2 aromatic carbocycles. The highest BCUT2D eigenvalue weighted by atomic mass is 32.1. The number of amides is 1. The molecule has 0 saturated carbocycles. The molecule has 1 amide bonds. The highest BCUT2D eigenvalue weighted by molar-refractivity contribution is 7.10. The molecule has 1 fully saturated rings. The molecule has 29 heavy (non-hydrogen) atoms. The van der Waals surface area contributed by atoms with Crippen LogP contribution in [-0.2, 0) is 4.79 Å². The Bertz CT molecular complexity index is 907. The van der Waals surface area contributed by atoms with E-state index in [1.165, 1.54) is 17.8 Å². The zero-order valence-electron chi connectivity index (χ0n) is 16.1. The van der Waals surface area contributed by atoms with Crippen molar-refractivity contribution in [2.24, 2.45) is 0 Å². The van der Waals surface area contributed by atoms with Gasteiger partial charge in [0.1, 0.15) is 5.82 Å². The maximum atomic E-state index is 13.3. The number of carbonyl (C=O) groups excluding carboxylic acids is 1. The topological polar surface area (TPSA) is 35.6 Å². The number of hydrogen-bond donors (Lipinski definition) is 1. The summed E-state index contributed by atoms with van der Waals surface area (Å²) in [6.07, 6.45) is 0. The minimum absolute atomic E-state index is 0.0131. The van der Waals surface area contributed by atoms with Crippen LogP contribution in [0.15, 0.2) is 72.1 Å². The normalized spacial score (nSPS) is 15.8. The van der Waals surface area contributed by atoms with Gasteiger partial charge in [0.2, 0.25) is 5.91 Å². The average Bonchev–Trinajstić information content (AvgIpc) is 3.29. The summed E-state index contributed by atoms with van der Waals surface area (Å²) in [4.78, 5) is 18.3. The molecule has 1 aliphatic rings. The van der Waals surface area contributed by atoms with Crippen LogP contribution in [0.4, 0.5) is 10.1 Å². The number of halogens is 1. The Morgan fingerprint density at radius 2 is 1.69 bits per heavy atom. The highest BCUT2D eigenvalue weighted by Gasteiger charge is 2.22. The standard InChI is InChI=1S/C23H24FN3OS/c24-19-10-8-18(9-11-19)23(21-7-4-16-29-21)25-22(28)17-26-12-14-27(15-13-26)20-5-2-1-3-6-20/h1-11,16,23H,12-15,17H2,(H,25,28)/t23-/m0/s1. The van der Waals surface area contributed by atoms with Gasteiger partial charge in [-0.05, 0) is 41.3 Å². The molecule has 4 nitrogen and oxygen atoms in total. The van der Waals surface area contributed by atoms with E-state index in [1.807, 2.05) is 23.6 Å². The lowest BCUT2D eigenvalue weighted by Crippen LogP contribution is -2.49. The quantitative estimate of drug-likeness (QED) is 0.670. The summed E-state index contributed by atoms with van der Waals surface area (Å²) in [5.41, 5.74) is 2.11. The number of nitrogens with zero attached hydrogens (tertiary/aromatic N) is 2. The van der Waals surface area contributed by atoms with E-state index in [0.29, 0.717) is 6.54 Å². The van der Waals surface area contributed by atoms with E-state index in [9.17, 15) is 9.18 Å². The fraction of sp³-hybridized carbons (Fsp3) is 0.261. The van der Waals surface area contributed by atoms with Crippen molar-refractivity contribution in [3.63, 3.8) is 0 Å². The SMILES string of the molecule is O=C(CN1CCN(c2ccccc2)CC1)N[C@@H](c1ccc(F)cc1)c1cccs1. The molecular weight excluding hydrogens is 385 g/mol. The van der Waals surface area contributed by atoms with Gasteiger partial charge < -0.3 is 10.2 Å². The predicted molar refractivity (Wildman–Crippen MR) is 116 cm³/mol. The van der Waals surface area contributed by atoms with Crippen LogP contribution in [0, 0.1) is 5.82 Å². The first-order chi connectivity index (χ1) is 14.2. The van der Waals surface area contributed by atoms with Crippen LogP contribution in [0.2, 0.25) is 0 Å². The minimum atomic E-state index is -0.277. The molecule has 6 heteroatoms. The molecule has 4 rings (SSSR count). The number of nitrogens with one attached hydrogen (secondary N) is 1. The van der Waals surface area contributed by atoms with Crippen LogP contribution in [-0.4, -0.2) is 43.5 Å². The van der Waals surface area contributed by atoms with E-state index in [0.717, 1.165) is 36.6 Å². The Kier molecular flexibility index (Phi) is 6.22. The average molecular weight is 410 g/mol. The van der Waals surface area contributed by atoms with Crippen LogP contribution >= 0.6 is 11.3 Å². The third kappa shape index (κ3) is 5.02.